The van der Waals surface area contributed by atoms with Crippen LogP contribution in [0.1, 0.15) is 5.56 Å². The Balaban J connectivity index is 1.98. The maximum atomic E-state index is 12.3. The lowest BCUT2D eigenvalue weighted by Gasteiger charge is -2.15. The van der Waals surface area contributed by atoms with Crippen molar-refractivity contribution in [1.29, 1.82) is 0 Å². The summed E-state index contributed by atoms with van der Waals surface area (Å²) in [6.45, 7) is 0.215. The van der Waals surface area contributed by atoms with Gasteiger partial charge in [0.1, 0.15) is 17.2 Å². The molecule has 2 aromatic rings. The summed E-state index contributed by atoms with van der Waals surface area (Å²) in [5.74, 6) is 0.897. The number of rotatable bonds is 6. The summed E-state index contributed by atoms with van der Waals surface area (Å²) in [5.41, 5.74) is 1.17. The van der Waals surface area contributed by atoms with E-state index in [0.717, 1.165) is 0 Å². The van der Waals surface area contributed by atoms with Crippen molar-refractivity contribution in [2.75, 3.05) is 19.5 Å². The molecule has 0 saturated heterocycles. The summed E-state index contributed by atoms with van der Waals surface area (Å²) in [6, 6.07) is 10.8. The van der Waals surface area contributed by atoms with Crippen LogP contribution in [0.15, 0.2) is 42.5 Å². The first kappa shape index (κ1) is 19.6. The standard InChI is InChI=1S/C17H17F3N2O3S/c1-23-12-6-7-15(24-2)14(9-12)22-16(26)21-10-11-4-3-5-13(8-11)25-17(18,19)20/h3-9H,10H2,1-2H3,(H2,21,22,26). The molecule has 0 aliphatic rings. The van der Waals surface area contributed by atoms with Crippen LogP contribution in [0.5, 0.6) is 17.2 Å². The second kappa shape index (κ2) is 8.61. The van der Waals surface area contributed by atoms with Gasteiger partial charge in [0.15, 0.2) is 5.11 Å². The second-order valence-electron chi connectivity index (χ2n) is 5.07. The largest absolute Gasteiger partial charge is 0.573 e. The molecular formula is C17H17F3N2O3S. The van der Waals surface area contributed by atoms with E-state index in [4.69, 9.17) is 21.7 Å². The Labute approximate surface area is 154 Å². The van der Waals surface area contributed by atoms with Crippen LogP contribution >= 0.6 is 12.2 Å². The molecule has 140 valence electrons. The zero-order chi connectivity index (χ0) is 19.2. The van der Waals surface area contributed by atoms with Crippen LogP contribution in [0.25, 0.3) is 0 Å². The van der Waals surface area contributed by atoms with Gasteiger partial charge in [-0.1, -0.05) is 12.1 Å². The minimum atomic E-state index is -4.73. The van der Waals surface area contributed by atoms with Gasteiger partial charge in [0.25, 0.3) is 0 Å². The number of ether oxygens (including phenoxy) is 3. The lowest BCUT2D eigenvalue weighted by molar-refractivity contribution is -0.274. The molecule has 0 fully saturated rings. The Morgan fingerprint density at radius 2 is 1.81 bits per heavy atom. The van der Waals surface area contributed by atoms with Gasteiger partial charge < -0.3 is 24.8 Å². The fourth-order valence-electron chi connectivity index (χ4n) is 2.11. The topological polar surface area (TPSA) is 51.8 Å². The van der Waals surface area contributed by atoms with Crippen molar-refractivity contribution in [1.82, 2.24) is 5.32 Å². The zero-order valence-corrected chi connectivity index (χ0v) is 14.8. The quantitative estimate of drug-likeness (QED) is 0.730. The van der Waals surface area contributed by atoms with Crippen molar-refractivity contribution in [2.45, 2.75) is 12.9 Å². The van der Waals surface area contributed by atoms with Gasteiger partial charge in [0.2, 0.25) is 0 Å². The number of nitrogens with one attached hydrogen (secondary N) is 2. The number of halogens is 3. The Morgan fingerprint density at radius 3 is 2.46 bits per heavy atom. The highest BCUT2D eigenvalue weighted by atomic mass is 32.1. The molecule has 0 spiro atoms. The number of hydrogen-bond donors (Lipinski definition) is 2. The van der Waals surface area contributed by atoms with Gasteiger partial charge >= 0.3 is 6.36 Å². The van der Waals surface area contributed by atoms with E-state index < -0.39 is 6.36 Å². The molecule has 0 aliphatic carbocycles. The molecular weight excluding hydrogens is 369 g/mol. The summed E-state index contributed by atoms with van der Waals surface area (Å²) < 4.78 is 51.1. The minimum Gasteiger partial charge on any atom is -0.497 e. The van der Waals surface area contributed by atoms with E-state index in [1.807, 2.05) is 0 Å². The number of benzene rings is 2. The average Bonchev–Trinajstić information content (AvgIpc) is 2.58. The molecule has 5 nitrogen and oxygen atoms in total. The van der Waals surface area contributed by atoms with Crippen LogP contribution in [0.2, 0.25) is 0 Å². The van der Waals surface area contributed by atoms with Crippen LogP contribution < -0.4 is 24.8 Å². The fraction of sp³-hybridized carbons (Fsp3) is 0.235. The van der Waals surface area contributed by atoms with E-state index in [2.05, 4.69) is 15.4 Å². The maximum absolute atomic E-state index is 12.3. The van der Waals surface area contributed by atoms with Gasteiger partial charge in [0.05, 0.1) is 19.9 Å². The predicted molar refractivity (Wildman–Crippen MR) is 95.7 cm³/mol. The van der Waals surface area contributed by atoms with Gasteiger partial charge in [-0.25, -0.2) is 0 Å². The third kappa shape index (κ3) is 5.99. The number of thiocarbonyl (C=S) groups is 1. The molecule has 0 atom stereocenters. The summed E-state index contributed by atoms with van der Waals surface area (Å²) in [4.78, 5) is 0. The summed E-state index contributed by atoms with van der Waals surface area (Å²) in [6.07, 6.45) is -4.73. The third-order valence-corrected chi connectivity index (χ3v) is 3.49. The highest BCUT2D eigenvalue weighted by Crippen LogP contribution is 2.29. The summed E-state index contributed by atoms with van der Waals surface area (Å²) in [7, 11) is 3.06. The molecule has 2 rings (SSSR count). The van der Waals surface area contributed by atoms with Crippen molar-refractivity contribution < 1.29 is 27.4 Å². The lowest BCUT2D eigenvalue weighted by atomic mass is 10.2. The molecule has 0 heterocycles. The van der Waals surface area contributed by atoms with Gasteiger partial charge in [-0.2, -0.15) is 0 Å². The highest BCUT2D eigenvalue weighted by molar-refractivity contribution is 7.80. The number of methoxy groups -OCH3 is 2. The first-order valence-corrected chi connectivity index (χ1v) is 7.83. The van der Waals surface area contributed by atoms with Gasteiger partial charge in [-0.15, -0.1) is 13.2 Å². The lowest BCUT2D eigenvalue weighted by Crippen LogP contribution is -2.28. The number of anilines is 1. The molecule has 26 heavy (non-hydrogen) atoms. The predicted octanol–water partition coefficient (Wildman–Crippen LogP) is 4.09. The van der Waals surface area contributed by atoms with Crippen molar-refractivity contribution in [2.24, 2.45) is 0 Å². The molecule has 0 aliphatic heterocycles. The van der Waals surface area contributed by atoms with E-state index in [1.54, 1.807) is 24.3 Å². The molecule has 0 unspecified atom stereocenters. The van der Waals surface area contributed by atoms with Crippen molar-refractivity contribution in [3.63, 3.8) is 0 Å². The monoisotopic (exact) mass is 386 g/mol. The molecule has 2 aromatic carbocycles. The SMILES string of the molecule is COc1ccc(OC)c(NC(=S)NCc2cccc(OC(F)(F)F)c2)c1. The molecule has 0 radical (unpaired) electrons. The Morgan fingerprint density at radius 1 is 1.04 bits per heavy atom. The van der Waals surface area contributed by atoms with Crippen LogP contribution in [0.4, 0.5) is 18.9 Å². The number of hydrogen-bond acceptors (Lipinski definition) is 4. The Hall–Kier alpha value is -2.68. The second-order valence-corrected chi connectivity index (χ2v) is 5.48. The normalized spacial score (nSPS) is 10.8. The summed E-state index contributed by atoms with van der Waals surface area (Å²) in [5, 5.41) is 6.15. The van der Waals surface area contributed by atoms with Gasteiger partial charge in [-0.3, -0.25) is 0 Å². The molecule has 2 N–H and O–H groups in total. The van der Waals surface area contributed by atoms with E-state index in [0.29, 0.717) is 22.7 Å². The van der Waals surface area contributed by atoms with Crippen molar-refractivity contribution >= 4 is 23.0 Å². The van der Waals surface area contributed by atoms with Crippen LogP contribution in [0, 0.1) is 0 Å². The van der Waals surface area contributed by atoms with Crippen molar-refractivity contribution in [3.05, 3.63) is 48.0 Å². The zero-order valence-electron chi connectivity index (χ0n) is 14.0. The molecule has 0 amide bonds. The molecule has 0 bridgehead atoms. The van der Waals surface area contributed by atoms with E-state index >= 15 is 0 Å². The molecule has 9 heteroatoms. The first-order chi connectivity index (χ1) is 12.3. The van der Waals surface area contributed by atoms with Gasteiger partial charge in [-0.05, 0) is 42.0 Å². The van der Waals surface area contributed by atoms with Crippen LogP contribution in [0.3, 0.4) is 0 Å². The van der Waals surface area contributed by atoms with Crippen molar-refractivity contribution in [3.8, 4) is 17.2 Å². The maximum Gasteiger partial charge on any atom is 0.573 e. The van der Waals surface area contributed by atoms with E-state index in [9.17, 15) is 13.2 Å². The highest BCUT2D eigenvalue weighted by Gasteiger charge is 2.31. The number of alkyl halides is 3. The van der Waals surface area contributed by atoms with Crippen LogP contribution in [-0.4, -0.2) is 25.7 Å². The van der Waals surface area contributed by atoms with E-state index in [-0.39, 0.29) is 17.4 Å². The first-order valence-electron chi connectivity index (χ1n) is 7.42. The van der Waals surface area contributed by atoms with Crippen LogP contribution in [-0.2, 0) is 6.54 Å². The molecule has 0 aromatic heterocycles. The third-order valence-electron chi connectivity index (χ3n) is 3.24. The van der Waals surface area contributed by atoms with E-state index in [1.165, 1.54) is 32.4 Å². The Kier molecular flexibility index (Phi) is 6.51. The van der Waals surface area contributed by atoms with Gasteiger partial charge in [0, 0.05) is 12.6 Å². The summed E-state index contributed by atoms with van der Waals surface area (Å²) >= 11 is 5.21. The minimum absolute atomic E-state index is 0.215. The fourth-order valence-corrected chi connectivity index (χ4v) is 2.30. The average molecular weight is 386 g/mol. The smallest absolute Gasteiger partial charge is 0.497 e. The Bertz CT molecular complexity index is 769. The molecule has 0 saturated carbocycles.